The summed E-state index contributed by atoms with van der Waals surface area (Å²) < 4.78 is 5.80. The van der Waals surface area contributed by atoms with Crippen LogP contribution in [0, 0.1) is 11.8 Å². The van der Waals surface area contributed by atoms with E-state index in [0.29, 0.717) is 29.5 Å². The van der Waals surface area contributed by atoms with E-state index in [1.165, 1.54) is 0 Å². The molecule has 2 aromatic rings. The summed E-state index contributed by atoms with van der Waals surface area (Å²) in [6, 6.07) is 7.46. The average Bonchev–Trinajstić information content (AvgIpc) is 3.26. The predicted octanol–water partition coefficient (Wildman–Crippen LogP) is 4.23. The van der Waals surface area contributed by atoms with Crippen LogP contribution in [0.3, 0.4) is 0 Å². The molecule has 2 aliphatic heterocycles. The van der Waals surface area contributed by atoms with Gasteiger partial charge in [0.1, 0.15) is 0 Å². The third-order valence-electron chi connectivity index (χ3n) is 5.61. The molecule has 0 saturated carbocycles. The molecule has 154 valence electrons. The van der Waals surface area contributed by atoms with Crippen LogP contribution in [0.2, 0.25) is 5.02 Å². The fourth-order valence-electron chi connectivity index (χ4n) is 4.01. The quantitative estimate of drug-likeness (QED) is 0.763. The van der Waals surface area contributed by atoms with Crippen molar-refractivity contribution >= 4 is 42.3 Å². The van der Waals surface area contributed by atoms with Crippen LogP contribution in [-0.2, 0) is 11.2 Å². The van der Waals surface area contributed by atoms with Crippen LogP contribution in [0.1, 0.15) is 25.2 Å². The molecule has 0 unspecified atom stereocenters. The standard InChI is InChI=1S/C20H24ClN3O2.2ClH/c21-17-3-1-14(2-4-17)18-13-23-19(26-18)5-6-20(25)24-9-7-15-11-22-12-16(15)8-10-24;;/h1-4,13,15-16,22H,5-12H2;2*1H/t15-,16+;;. The number of amides is 1. The molecule has 8 heteroatoms. The summed E-state index contributed by atoms with van der Waals surface area (Å²) in [5.41, 5.74) is 0.937. The highest BCUT2D eigenvalue weighted by Gasteiger charge is 2.31. The molecule has 2 fully saturated rings. The molecule has 3 heterocycles. The van der Waals surface area contributed by atoms with E-state index < -0.39 is 0 Å². The second kappa shape index (κ2) is 10.5. The van der Waals surface area contributed by atoms with Crippen LogP contribution in [-0.4, -0.2) is 42.0 Å². The fourth-order valence-corrected chi connectivity index (χ4v) is 4.14. The van der Waals surface area contributed by atoms with Crippen molar-refractivity contribution in [2.45, 2.75) is 25.7 Å². The molecule has 1 amide bonds. The Bertz CT molecular complexity index is 752. The first kappa shape index (κ1) is 23.0. The van der Waals surface area contributed by atoms with E-state index in [2.05, 4.69) is 10.3 Å². The van der Waals surface area contributed by atoms with Crippen molar-refractivity contribution in [3.63, 3.8) is 0 Å². The summed E-state index contributed by atoms with van der Waals surface area (Å²) in [4.78, 5) is 18.9. The molecule has 0 spiro atoms. The molecule has 5 nitrogen and oxygen atoms in total. The minimum atomic E-state index is 0. The fraction of sp³-hybridized carbons (Fsp3) is 0.500. The maximum absolute atomic E-state index is 12.6. The summed E-state index contributed by atoms with van der Waals surface area (Å²) >= 11 is 5.91. The van der Waals surface area contributed by atoms with Crippen LogP contribution in [0.4, 0.5) is 0 Å². The van der Waals surface area contributed by atoms with Crippen molar-refractivity contribution in [2.24, 2.45) is 11.8 Å². The van der Waals surface area contributed by atoms with Crippen molar-refractivity contribution in [2.75, 3.05) is 26.2 Å². The van der Waals surface area contributed by atoms with E-state index in [-0.39, 0.29) is 30.7 Å². The van der Waals surface area contributed by atoms with Gasteiger partial charge in [-0.15, -0.1) is 24.8 Å². The Morgan fingerprint density at radius 1 is 1.14 bits per heavy atom. The number of rotatable bonds is 4. The average molecular weight is 447 g/mol. The van der Waals surface area contributed by atoms with Gasteiger partial charge in [-0.1, -0.05) is 11.6 Å². The Labute approximate surface area is 183 Å². The van der Waals surface area contributed by atoms with Gasteiger partial charge in [0.15, 0.2) is 11.7 Å². The SMILES string of the molecule is Cl.Cl.O=C(CCc1ncc(-c2ccc(Cl)cc2)o1)N1CC[C@@H]2CNC[C@@H]2CC1. The molecule has 0 aliphatic carbocycles. The van der Waals surface area contributed by atoms with Crippen LogP contribution in [0.25, 0.3) is 11.3 Å². The number of hydrogen-bond donors (Lipinski definition) is 1. The van der Waals surface area contributed by atoms with Crippen LogP contribution in [0.5, 0.6) is 0 Å². The number of likely N-dealkylation sites (tertiary alicyclic amines) is 1. The molecule has 28 heavy (non-hydrogen) atoms. The maximum Gasteiger partial charge on any atom is 0.223 e. The number of nitrogens with zero attached hydrogens (tertiary/aromatic N) is 2. The number of nitrogens with one attached hydrogen (secondary N) is 1. The van der Waals surface area contributed by atoms with E-state index in [0.717, 1.165) is 56.4 Å². The minimum absolute atomic E-state index is 0. The number of fused-ring (bicyclic) bond motifs is 1. The smallest absolute Gasteiger partial charge is 0.223 e. The van der Waals surface area contributed by atoms with Gasteiger partial charge >= 0.3 is 0 Å². The number of oxazole rings is 1. The van der Waals surface area contributed by atoms with Crippen molar-refractivity contribution in [3.8, 4) is 11.3 Å². The molecule has 2 atom stereocenters. The van der Waals surface area contributed by atoms with E-state index in [1.807, 2.05) is 29.2 Å². The first-order valence-corrected chi connectivity index (χ1v) is 9.76. The molecular formula is C20H26Cl3N3O2. The highest BCUT2D eigenvalue weighted by molar-refractivity contribution is 6.30. The lowest BCUT2D eigenvalue weighted by Gasteiger charge is -2.20. The summed E-state index contributed by atoms with van der Waals surface area (Å²) in [5, 5.41) is 4.16. The highest BCUT2D eigenvalue weighted by atomic mass is 35.5. The van der Waals surface area contributed by atoms with Gasteiger partial charge in [0, 0.05) is 36.5 Å². The Morgan fingerprint density at radius 2 is 1.79 bits per heavy atom. The molecule has 1 aromatic carbocycles. The van der Waals surface area contributed by atoms with E-state index >= 15 is 0 Å². The zero-order valence-electron chi connectivity index (χ0n) is 15.6. The summed E-state index contributed by atoms with van der Waals surface area (Å²) in [5.74, 6) is 3.01. The monoisotopic (exact) mass is 445 g/mol. The third-order valence-corrected chi connectivity index (χ3v) is 5.86. The molecule has 0 radical (unpaired) electrons. The molecule has 1 aromatic heterocycles. The number of benzene rings is 1. The van der Waals surface area contributed by atoms with Crippen LogP contribution in [0.15, 0.2) is 34.9 Å². The predicted molar refractivity (Wildman–Crippen MR) is 115 cm³/mol. The zero-order valence-corrected chi connectivity index (χ0v) is 18.0. The van der Waals surface area contributed by atoms with Crippen LogP contribution < -0.4 is 5.32 Å². The Balaban J connectivity index is 0.00000140. The third kappa shape index (κ3) is 5.41. The molecule has 1 N–H and O–H groups in total. The number of aryl methyl sites for hydroxylation is 1. The van der Waals surface area contributed by atoms with Gasteiger partial charge in [0.05, 0.1) is 6.20 Å². The minimum Gasteiger partial charge on any atom is -0.441 e. The molecule has 2 saturated heterocycles. The topological polar surface area (TPSA) is 58.4 Å². The van der Waals surface area contributed by atoms with Crippen molar-refractivity contribution in [1.29, 1.82) is 0 Å². The van der Waals surface area contributed by atoms with E-state index in [9.17, 15) is 4.79 Å². The second-order valence-corrected chi connectivity index (χ2v) is 7.70. The van der Waals surface area contributed by atoms with Gasteiger partial charge in [-0.2, -0.15) is 0 Å². The molecular weight excluding hydrogens is 421 g/mol. The van der Waals surface area contributed by atoms with Crippen LogP contribution >= 0.6 is 36.4 Å². The maximum atomic E-state index is 12.6. The number of halogens is 3. The summed E-state index contributed by atoms with van der Waals surface area (Å²) in [6.45, 7) is 3.97. The van der Waals surface area contributed by atoms with Gasteiger partial charge in [-0.3, -0.25) is 4.79 Å². The van der Waals surface area contributed by atoms with Crippen molar-refractivity contribution < 1.29 is 9.21 Å². The first-order chi connectivity index (χ1) is 12.7. The number of carbonyl (C=O) groups is 1. The zero-order chi connectivity index (χ0) is 17.9. The highest BCUT2D eigenvalue weighted by Crippen LogP contribution is 2.27. The van der Waals surface area contributed by atoms with Crippen molar-refractivity contribution in [1.82, 2.24) is 15.2 Å². The van der Waals surface area contributed by atoms with Gasteiger partial charge < -0.3 is 14.6 Å². The lowest BCUT2D eigenvalue weighted by atomic mass is 9.92. The molecule has 4 rings (SSSR count). The summed E-state index contributed by atoms with van der Waals surface area (Å²) in [6.07, 6.45) is 4.93. The van der Waals surface area contributed by atoms with E-state index in [4.69, 9.17) is 16.0 Å². The van der Waals surface area contributed by atoms with Crippen molar-refractivity contribution in [3.05, 3.63) is 41.4 Å². The van der Waals surface area contributed by atoms with Gasteiger partial charge in [0.2, 0.25) is 5.91 Å². The normalized spacial score (nSPS) is 21.2. The second-order valence-electron chi connectivity index (χ2n) is 7.26. The Kier molecular flexibility index (Phi) is 8.62. The number of aromatic nitrogens is 1. The largest absolute Gasteiger partial charge is 0.441 e. The Morgan fingerprint density at radius 3 is 2.43 bits per heavy atom. The number of hydrogen-bond acceptors (Lipinski definition) is 4. The van der Waals surface area contributed by atoms with Gasteiger partial charge in [-0.25, -0.2) is 4.98 Å². The lowest BCUT2D eigenvalue weighted by Crippen LogP contribution is -2.32. The van der Waals surface area contributed by atoms with Gasteiger partial charge in [0.25, 0.3) is 0 Å². The van der Waals surface area contributed by atoms with Gasteiger partial charge in [-0.05, 0) is 62.0 Å². The molecule has 0 bridgehead atoms. The van der Waals surface area contributed by atoms with E-state index in [1.54, 1.807) is 6.20 Å². The first-order valence-electron chi connectivity index (χ1n) is 9.38. The Hall–Kier alpha value is -1.27. The number of carbonyl (C=O) groups excluding carboxylic acids is 1. The molecule has 2 aliphatic rings. The lowest BCUT2D eigenvalue weighted by molar-refractivity contribution is -0.131. The summed E-state index contributed by atoms with van der Waals surface area (Å²) in [7, 11) is 0.